The molecule has 0 atom stereocenters. The van der Waals surface area contributed by atoms with Crippen LogP contribution in [0.25, 0.3) is 0 Å². The molecule has 8 heteroatoms. The van der Waals surface area contributed by atoms with E-state index >= 15 is 0 Å². The van der Waals surface area contributed by atoms with Crippen LogP contribution in [-0.4, -0.2) is 33.9 Å². The first-order chi connectivity index (χ1) is 13.6. The molecule has 0 saturated carbocycles. The molecule has 0 heterocycles. The van der Waals surface area contributed by atoms with Gasteiger partial charge in [0.2, 0.25) is 5.24 Å². The van der Waals surface area contributed by atoms with Crippen LogP contribution >= 0.6 is 11.6 Å². The van der Waals surface area contributed by atoms with Gasteiger partial charge >= 0.3 is 17.9 Å². The molecule has 1 N–H and O–H groups in total. The average molecular weight is 429 g/mol. The molecule has 162 valence electrons. The van der Waals surface area contributed by atoms with Crippen molar-refractivity contribution in [3.05, 3.63) is 35.9 Å². The van der Waals surface area contributed by atoms with Crippen molar-refractivity contribution in [2.45, 2.75) is 71.5 Å². The highest BCUT2D eigenvalue weighted by Crippen LogP contribution is 2.17. The van der Waals surface area contributed by atoms with Gasteiger partial charge in [0.25, 0.3) is 0 Å². The summed E-state index contributed by atoms with van der Waals surface area (Å²) in [7, 11) is 0. The molecule has 0 spiro atoms. The van der Waals surface area contributed by atoms with E-state index in [-0.39, 0.29) is 32.3 Å². The van der Waals surface area contributed by atoms with Gasteiger partial charge in [-0.25, -0.2) is 0 Å². The first kappa shape index (κ1) is 26.6. The highest BCUT2D eigenvalue weighted by molar-refractivity contribution is 6.63. The average Bonchev–Trinajstić information content (AvgIpc) is 2.64. The third-order valence-corrected chi connectivity index (χ3v) is 3.74. The fourth-order valence-electron chi connectivity index (χ4n) is 2.23. The van der Waals surface area contributed by atoms with E-state index in [0.29, 0.717) is 0 Å². The van der Waals surface area contributed by atoms with Gasteiger partial charge in [-0.3, -0.25) is 19.2 Å². The predicted molar refractivity (Wildman–Crippen MR) is 108 cm³/mol. The van der Waals surface area contributed by atoms with E-state index in [4.69, 9.17) is 26.2 Å². The minimum absolute atomic E-state index is 0.0230. The summed E-state index contributed by atoms with van der Waals surface area (Å²) in [4.78, 5) is 42.8. The molecule has 0 radical (unpaired) electrons. The summed E-state index contributed by atoms with van der Waals surface area (Å²) in [5.74, 6) is -1.83. The van der Waals surface area contributed by atoms with Gasteiger partial charge in [-0.2, -0.15) is 0 Å². The van der Waals surface area contributed by atoms with Gasteiger partial charge in [-0.15, -0.1) is 0 Å². The standard InChI is InChI=1S/C11H11ClO3.C10H18O4/c12-10(13)6-7-11(14)15-8-9-4-2-1-3-5-9;1-4-7-10(2,3)14-9(13)6-5-8(11)12/h1-5H,6-8H2;4-7H2,1-3H3,(H,11,12). The number of hydrogen-bond donors (Lipinski definition) is 1. The van der Waals surface area contributed by atoms with Crippen molar-refractivity contribution in [3.63, 3.8) is 0 Å². The minimum atomic E-state index is -0.977. The maximum Gasteiger partial charge on any atom is 0.306 e. The maximum atomic E-state index is 11.2. The van der Waals surface area contributed by atoms with E-state index in [2.05, 4.69) is 0 Å². The molecule has 0 amide bonds. The fraction of sp³-hybridized carbons (Fsp3) is 0.524. The maximum absolute atomic E-state index is 11.2. The number of esters is 2. The number of carbonyl (C=O) groups is 4. The van der Waals surface area contributed by atoms with E-state index in [1.807, 2.05) is 51.1 Å². The smallest absolute Gasteiger partial charge is 0.306 e. The van der Waals surface area contributed by atoms with E-state index in [1.54, 1.807) is 0 Å². The van der Waals surface area contributed by atoms with E-state index in [1.165, 1.54) is 0 Å². The Morgan fingerprint density at radius 3 is 2.07 bits per heavy atom. The van der Waals surface area contributed by atoms with Crippen LogP contribution in [0.3, 0.4) is 0 Å². The fourth-order valence-corrected chi connectivity index (χ4v) is 2.33. The largest absolute Gasteiger partial charge is 0.481 e. The zero-order valence-corrected chi connectivity index (χ0v) is 17.9. The quantitative estimate of drug-likeness (QED) is 0.414. The van der Waals surface area contributed by atoms with Gasteiger partial charge in [-0.05, 0) is 37.4 Å². The third-order valence-electron chi connectivity index (χ3n) is 3.55. The second-order valence-electron chi connectivity index (χ2n) is 6.88. The summed E-state index contributed by atoms with van der Waals surface area (Å²) in [6.07, 6.45) is 1.55. The molecule has 0 aliphatic rings. The van der Waals surface area contributed by atoms with Crippen LogP contribution in [0.15, 0.2) is 30.3 Å². The summed E-state index contributed by atoms with van der Waals surface area (Å²) in [5, 5.41) is 7.83. The monoisotopic (exact) mass is 428 g/mol. The second kappa shape index (κ2) is 14.6. The number of benzene rings is 1. The van der Waals surface area contributed by atoms with Crippen LogP contribution in [0.4, 0.5) is 0 Å². The lowest BCUT2D eigenvalue weighted by Crippen LogP contribution is -2.27. The lowest BCUT2D eigenvalue weighted by atomic mass is 10.0. The molecule has 1 rings (SSSR count). The van der Waals surface area contributed by atoms with Crippen molar-refractivity contribution in [1.29, 1.82) is 0 Å². The molecular weight excluding hydrogens is 400 g/mol. The van der Waals surface area contributed by atoms with Crippen molar-refractivity contribution >= 4 is 34.8 Å². The van der Waals surface area contributed by atoms with Crippen LogP contribution in [0.5, 0.6) is 0 Å². The molecular formula is C21H29ClO7. The number of ether oxygens (including phenoxy) is 2. The van der Waals surface area contributed by atoms with Gasteiger partial charge in [0.15, 0.2) is 0 Å². The molecule has 0 bridgehead atoms. The van der Waals surface area contributed by atoms with Gasteiger partial charge in [-0.1, -0.05) is 43.7 Å². The number of carbonyl (C=O) groups excluding carboxylic acids is 3. The molecule has 0 fully saturated rings. The molecule has 0 saturated heterocycles. The Balaban J connectivity index is 0.000000543. The SMILES string of the molecule is CCCC(C)(C)OC(=O)CCC(=O)O.O=C(Cl)CCC(=O)OCc1ccccc1. The predicted octanol–water partition coefficient (Wildman–Crippen LogP) is 4.25. The first-order valence-electron chi connectivity index (χ1n) is 9.37. The normalized spacial score (nSPS) is 10.3. The molecule has 0 aliphatic heterocycles. The minimum Gasteiger partial charge on any atom is -0.481 e. The van der Waals surface area contributed by atoms with Crippen LogP contribution in [-0.2, 0) is 35.3 Å². The lowest BCUT2D eigenvalue weighted by molar-refractivity contribution is -0.159. The number of hydrogen-bond acceptors (Lipinski definition) is 6. The number of carboxylic acids is 1. The Hall–Kier alpha value is -2.41. The van der Waals surface area contributed by atoms with Gasteiger partial charge in [0.05, 0.1) is 19.3 Å². The topological polar surface area (TPSA) is 107 Å². The van der Waals surface area contributed by atoms with Gasteiger partial charge in [0, 0.05) is 6.42 Å². The molecule has 0 aliphatic carbocycles. The molecule has 0 unspecified atom stereocenters. The van der Waals surface area contributed by atoms with Gasteiger partial charge < -0.3 is 14.6 Å². The Bertz CT molecular complexity index is 656. The summed E-state index contributed by atoms with van der Waals surface area (Å²) in [5.41, 5.74) is 0.438. The van der Waals surface area contributed by atoms with Gasteiger partial charge in [0.1, 0.15) is 12.2 Å². The van der Waals surface area contributed by atoms with Crippen molar-refractivity contribution in [2.24, 2.45) is 0 Å². The number of rotatable bonds is 11. The highest BCUT2D eigenvalue weighted by Gasteiger charge is 2.21. The molecule has 7 nitrogen and oxygen atoms in total. The zero-order chi connectivity index (χ0) is 22.3. The Kier molecular flexibility index (Phi) is 13.4. The van der Waals surface area contributed by atoms with E-state index < -0.39 is 28.8 Å². The molecule has 1 aromatic carbocycles. The molecule has 29 heavy (non-hydrogen) atoms. The van der Waals surface area contributed by atoms with Crippen LogP contribution in [0, 0.1) is 0 Å². The van der Waals surface area contributed by atoms with Crippen molar-refractivity contribution < 1.29 is 33.8 Å². The van der Waals surface area contributed by atoms with Crippen molar-refractivity contribution in [1.82, 2.24) is 0 Å². The van der Waals surface area contributed by atoms with Crippen LogP contribution in [0.2, 0.25) is 0 Å². The lowest BCUT2D eigenvalue weighted by Gasteiger charge is -2.24. The Morgan fingerprint density at radius 1 is 0.966 bits per heavy atom. The Morgan fingerprint density at radius 2 is 1.55 bits per heavy atom. The van der Waals surface area contributed by atoms with Crippen LogP contribution in [0.1, 0.15) is 64.9 Å². The summed E-state index contributed by atoms with van der Waals surface area (Å²) < 4.78 is 10.1. The second-order valence-corrected chi connectivity index (χ2v) is 7.30. The van der Waals surface area contributed by atoms with E-state index in [9.17, 15) is 19.2 Å². The number of aliphatic carboxylic acids is 1. The number of halogens is 1. The first-order valence-corrected chi connectivity index (χ1v) is 9.75. The number of carboxylic acid groups (broad SMARTS) is 1. The zero-order valence-electron chi connectivity index (χ0n) is 17.1. The molecule has 0 aromatic heterocycles. The van der Waals surface area contributed by atoms with E-state index in [0.717, 1.165) is 18.4 Å². The summed E-state index contributed by atoms with van der Waals surface area (Å²) in [6, 6.07) is 9.34. The summed E-state index contributed by atoms with van der Waals surface area (Å²) >= 11 is 5.09. The molecule has 1 aromatic rings. The van der Waals surface area contributed by atoms with Crippen LogP contribution < -0.4 is 0 Å². The van der Waals surface area contributed by atoms with Crippen molar-refractivity contribution in [2.75, 3.05) is 0 Å². The van der Waals surface area contributed by atoms with Crippen molar-refractivity contribution in [3.8, 4) is 0 Å². The Labute approximate surface area is 176 Å². The highest BCUT2D eigenvalue weighted by atomic mass is 35.5. The summed E-state index contributed by atoms with van der Waals surface area (Å²) in [6.45, 7) is 5.90. The third kappa shape index (κ3) is 16.3.